The lowest BCUT2D eigenvalue weighted by Crippen LogP contribution is -2.28. The van der Waals surface area contributed by atoms with E-state index in [-0.39, 0.29) is 11.8 Å². The van der Waals surface area contributed by atoms with Gasteiger partial charge in [0, 0.05) is 30.6 Å². The number of aromatic nitrogens is 2. The maximum absolute atomic E-state index is 12.2. The number of nitrogens with one attached hydrogen (secondary N) is 1. The summed E-state index contributed by atoms with van der Waals surface area (Å²) in [5.74, 6) is 1.52. The third kappa shape index (κ3) is 2.43. The van der Waals surface area contributed by atoms with Crippen molar-refractivity contribution in [2.24, 2.45) is 5.92 Å². The molecule has 2 aromatic rings. The Morgan fingerprint density at radius 2 is 2.05 bits per heavy atom. The van der Waals surface area contributed by atoms with E-state index >= 15 is 0 Å². The van der Waals surface area contributed by atoms with Crippen LogP contribution in [0, 0.1) is 5.92 Å². The summed E-state index contributed by atoms with van der Waals surface area (Å²) in [5, 5.41) is 3.10. The maximum Gasteiger partial charge on any atom is 0.227 e. The van der Waals surface area contributed by atoms with Gasteiger partial charge in [-0.1, -0.05) is 24.6 Å². The number of imidazole rings is 1. The molecule has 0 spiro atoms. The van der Waals surface area contributed by atoms with Gasteiger partial charge in [0.05, 0.1) is 11.4 Å². The van der Waals surface area contributed by atoms with Gasteiger partial charge < -0.3 is 9.88 Å². The lowest BCUT2D eigenvalue weighted by atomic mass is 9.84. The molecule has 1 aliphatic heterocycles. The standard InChI is InChI=1S/C18H21N3O/c22-18(13-6-5-7-13)20-15-9-2-1-8-14(15)16-12-21-11-4-3-10-17(21)19-16/h1-2,8-9,12-13H,3-7,10-11H2,(H,20,22). The summed E-state index contributed by atoms with van der Waals surface area (Å²) in [4.78, 5) is 17.0. The van der Waals surface area contributed by atoms with Crippen molar-refractivity contribution in [2.45, 2.75) is 45.1 Å². The van der Waals surface area contributed by atoms with E-state index in [9.17, 15) is 4.79 Å². The molecule has 4 heteroatoms. The third-order valence-electron chi connectivity index (χ3n) is 4.85. The fraction of sp³-hybridized carbons (Fsp3) is 0.444. The van der Waals surface area contributed by atoms with Gasteiger partial charge in [-0.25, -0.2) is 4.98 Å². The molecule has 1 fully saturated rings. The van der Waals surface area contributed by atoms with Crippen LogP contribution in [0.2, 0.25) is 0 Å². The molecular formula is C18H21N3O. The van der Waals surface area contributed by atoms with Crippen molar-refractivity contribution in [2.75, 3.05) is 5.32 Å². The van der Waals surface area contributed by atoms with E-state index in [2.05, 4.69) is 16.1 Å². The predicted molar refractivity (Wildman–Crippen MR) is 86.6 cm³/mol. The zero-order valence-electron chi connectivity index (χ0n) is 12.7. The molecule has 2 heterocycles. The van der Waals surface area contributed by atoms with Crippen LogP contribution in [0.15, 0.2) is 30.5 Å². The second-order valence-electron chi connectivity index (χ2n) is 6.36. The Morgan fingerprint density at radius 3 is 2.82 bits per heavy atom. The Hall–Kier alpha value is -2.10. The van der Waals surface area contributed by atoms with Crippen molar-refractivity contribution in [1.29, 1.82) is 0 Å². The molecule has 0 bridgehead atoms. The van der Waals surface area contributed by atoms with Crippen LogP contribution in [0.4, 0.5) is 5.69 Å². The molecule has 1 amide bonds. The molecule has 114 valence electrons. The lowest BCUT2D eigenvalue weighted by molar-refractivity contribution is -0.122. The minimum Gasteiger partial charge on any atom is -0.334 e. The Balaban J connectivity index is 1.63. The number of carbonyl (C=O) groups excluding carboxylic acids is 1. The van der Waals surface area contributed by atoms with Crippen molar-refractivity contribution in [3.05, 3.63) is 36.3 Å². The number of nitrogens with zero attached hydrogens (tertiary/aromatic N) is 2. The summed E-state index contributed by atoms with van der Waals surface area (Å²) < 4.78 is 2.25. The van der Waals surface area contributed by atoms with Crippen molar-refractivity contribution in [3.63, 3.8) is 0 Å². The van der Waals surface area contributed by atoms with Crippen LogP contribution < -0.4 is 5.32 Å². The molecule has 0 atom stereocenters. The Morgan fingerprint density at radius 1 is 1.18 bits per heavy atom. The first-order chi connectivity index (χ1) is 10.8. The highest BCUT2D eigenvalue weighted by Crippen LogP contribution is 2.31. The molecule has 4 rings (SSSR count). The van der Waals surface area contributed by atoms with E-state index in [0.717, 1.165) is 42.8 Å². The van der Waals surface area contributed by atoms with Crippen molar-refractivity contribution >= 4 is 11.6 Å². The lowest BCUT2D eigenvalue weighted by Gasteiger charge is -2.24. The van der Waals surface area contributed by atoms with Gasteiger partial charge in [0.15, 0.2) is 0 Å². The molecule has 4 nitrogen and oxygen atoms in total. The van der Waals surface area contributed by atoms with Gasteiger partial charge in [-0.3, -0.25) is 4.79 Å². The first-order valence-corrected chi connectivity index (χ1v) is 8.27. The average Bonchev–Trinajstić information content (AvgIpc) is 2.89. The summed E-state index contributed by atoms with van der Waals surface area (Å²) in [7, 11) is 0. The largest absolute Gasteiger partial charge is 0.334 e. The van der Waals surface area contributed by atoms with E-state index in [1.807, 2.05) is 24.3 Å². The number of benzene rings is 1. The molecule has 1 aliphatic carbocycles. The van der Waals surface area contributed by atoms with Crippen LogP contribution in [-0.4, -0.2) is 15.5 Å². The van der Waals surface area contributed by atoms with Gasteiger partial charge in [-0.2, -0.15) is 0 Å². The number of aryl methyl sites for hydroxylation is 2. The summed E-state index contributed by atoms with van der Waals surface area (Å²) in [5.41, 5.74) is 2.88. The Kier molecular flexibility index (Phi) is 3.45. The summed E-state index contributed by atoms with van der Waals surface area (Å²) >= 11 is 0. The van der Waals surface area contributed by atoms with Crippen LogP contribution in [0.25, 0.3) is 11.3 Å². The molecule has 2 aliphatic rings. The molecule has 22 heavy (non-hydrogen) atoms. The number of fused-ring (bicyclic) bond motifs is 1. The number of carbonyl (C=O) groups is 1. The Labute approximate surface area is 130 Å². The maximum atomic E-state index is 12.2. The highest BCUT2D eigenvalue weighted by molar-refractivity contribution is 5.96. The van der Waals surface area contributed by atoms with Crippen LogP contribution in [0.1, 0.15) is 37.9 Å². The van der Waals surface area contributed by atoms with Crippen LogP contribution in [-0.2, 0) is 17.8 Å². The van der Waals surface area contributed by atoms with Gasteiger partial charge in [-0.05, 0) is 31.7 Å². The van der Waals surface area contributed by atoms with E-state index in [1.165, 1.54) is 25.1 Å². The molecule has 0 saturated heterocycles. The van der Waals surface area contributed by atoms with Gasteiger partial charge in [0.2, 0.25) is 5.91 Å². The summed E-state index contributed by atoms with van der Waals surface area (Å²) in [6, 6.07) is 8.00. The molecular weight excluding hydrogens is 274 g/mol. The highest BCUT2D eigenvalue weighted by atomic mass is 16.1. The second kappa shape index (κ2) is 5.59. The zero-order valence-corrected chi connectivity index (χ0v) is 12.7. The molecule has 0 unspecified atom stereocenters. The number of hydrogen-bond donors (Lipinski definition) is 1. The normalized spacial score (nSPS) is 17.6. The van der Waals surface area contributed by atoms with Gasteiger partial charge in [-0.15, -0.1) is 0 Å². The molecule has 1 saturated carbocycles. The Bertz CT molecular complexity index is 677. The minimum atomic E-state index is 0.155. The second-order valence-corrected chi connectivity index (χ2v) is 6.36. The van der Waals surface area contributed by atoms with Crippen molar-refractivity contribution < 1.29 is 4.79 Å². The van der Waals surface area contributed by atoms with Crippen LogP contribution >= 0.6 is 0 Å². The summed E-state index contributed by atoms with van der Waals surface area (Å²) in [6.45, 7) is 1.05. The molecule has 0 radical (unpaired) electrons. The monoisotopic (exact) mass is 295 g/mol. The highest BCUT2D eigenvalue weighted by Gasteiger charge is 2.26. The first kappa shape index (κ1) is 13.6. The van der Waals surface area contributed by atoms with Gasteiger partial charge in [0.1, 0.15) is 5.82 Å². The summed E-state index contributed by atoms with van der Waals surface area (Å²) in [6.07, 6.45) is 8.84. The van der Waals surface area contributed by atoms with Gasteiger partial charge in [0.25, 0.3) is 0 Å². The number of amides is 1. The molecule has 1 aromatic heterocycles. The smallest absolute Gasteiger partial charge is 0.227 e. The van der Waals surface area contributed by atoms with E-state index < -0.39 is 0 Å². The molecule has 1 aromatic carbocycles. The SMILES string of the molecule is O=C(Nc1ccccc1-c1cn2c(n1)CCCC2)C1CCC1. The van der Waals surface area contributed by atoms with Crippen LogP contribution in [0.3, 0.4) is 0 Å². The first-order valence-electron chi connectivity index (χ1n) is 8.27. The van der Waals surface area contributed by atoms with Crippen molar-refractivity contribution in [3.8, 4) is 11.3 Å². The third-order valence-corrected chi connectivity index (χ3v) is 4.85. The fourth-order valence-electron chi connectivity index (χ4n) is 3.26. The van der Waals surface area contributed by atoms with E-state index in [1.54, 1.807) is 0 Å². The van der Waals surface area contributed by atoms with Crippen LogP contribution in [0.5, 0.6) is 0 Å². The fourth-order valence-corrected chi connectivity index (χ4v) is 3.26. The average molecular weight is 295 g/mol. The zero-order chi connectivity index (χ0) is 14.9. The predicted octanol–water partition coefficient (Wildman–Crippen LogP) is 3.63. The molecule has 1 N–H and O–H groups in total. The number of para-hydroxylation sites is 1. The van der Waals surface area contributed by atoms with E-state index in [4.69, 9.17) is 4.98 Å². The minimum absolute atomic E-state index is 0.155. The quantitative estimate of drug-likeness (QED) is 0.940. The van der Waals surface area contributed by atoms with Crippen molar-refractivity contribution in [1.82, 2.24) is 9.55 Å². The van der Waals surface area contributed by atoms with E-state index in [0.29, 0.717) is 0 Å². The number of anilines is 1. The number of rotatable bonds is 3. The number of hydrogen-bond acceptors (Lipinski definition) is 2. The van der Waals surface area contributed by atoms with Gasteiger partial charge >= 0.3 is 0 Å². The topological polar surface area (TPSA) is 46.9 Å².